The second-order valence-corrected chi connectivity index (χ2v) is 7.46. The Morgan fingerprint density at radius 1 is 0.759 bits per heavy atom. The van der Waals surface area contributed by atoms with Crippen molar-refractivity contribution in [2.45, 2.75) is 58.8 Å². The van der Waals surface area contributed by atoms with E-state index in [4.69, 9.17) is 4.74 Å². The molecule has 0 N–H and O–H groups in total. The number of aryl methyl sites for hydroxylation is 1. The van der Waals surface area contributed by atoms with Gasteiger partial charge in [0.05, 0.1) is 12.2 Å². The zero-order valence-corrected chi connectivity index (χ0v) is 17.2. The van der Waals surface area contributed by atoms with Crippen molar-refractivity contribution in [1.29, 1.82) is 0 Å². The van der Waals surface area contributed by atoms with E-state index in [-0.39, 0.29) is 18.0 Å². The highest BCUT2D eigenvalue weighted by atomic mass is 19.1. The highest BCUT2D eigenvalue weighted by molar-refractivity contribution is 6.09. The second-order valence-electron chi connectivity index (χ2n) is 7.46. The molecule has 0 aliphatic carbocycles. The standard InChI is InChI=1S/C25H28F2O2/c1-3-5-6-7-8-9-10-17-11-12-18-19-13-16-22(25(28)29-4-2)24(27)21(19)15-14-20(18)23(17)26/h11-16H,3-10H2,1-2H3. The second kappa shape index (κ2) is 9.82. The Labute approximate surface area is 170 Å². The molecule has 0 bridgehead atoms. The van der Waals surface area contributed by atoms with Crippen molar-refractivity contribution >= 4 is 27.5 Å². The molecule has 29 heavy (non-hydrogen) atoms. The normalized spacial score (nSPS) is 11.3. The Morgan fingerprint density at radius 3 is 2.03 bits per heavy atom. The van der Waals surface area contributed by atoms with Crippen molar-refractivity contribution < 1.29 is 18.3 Å². The summed E-state index contributed by atoms with van der Waals surface area (Å²) in [6.07, 6.45) is 7.69. The van der Waals surface area contributed by atoms with Gasteiger partial charge < -0.3 is 4.74 Å². The van der Waals surface area contributed by atoms with Crippen LogP contribution in [0, 0.1) is 11.6 Å². The van der Waals surface area contributed by atoms with Gasteiger partial charge in [0.2, 0.25) is 0 Å². The van der Waals surface area contributed by atoms with Gasteiger partial charge in [-0.15, -0.1) is 0 Å². The number of carbonyl (C=O) groups excluding carboxylic acids is 1. The van der Waals surface area contributed by atoms with Gasteiger partial charge in [0.25, 0.3) is 0 Å². The summed E-state index contributed by atoms with van der Waals surface area (Å²) in [7, 11) is 0. The van der Waals surface area contributed by atoms with Gasteiger partial charge in [0, 0.05) is 10.8 Å². The third-order valence-electron chi connectivity index (χ3n) is 5.44. The van der Waals surface area contributed by atoms with Crippen LogP contribution in [0.4, 0.5) is 8.78 Å². The number of esters is 1. The maximum absolute atomic E-state index is 15.1. The summed E-state index contributed by atoms with van der Waals surface area (Å²) in [6, 6.07) is 9.90. The van der Waals surface area contributed by atoms with Gasteiger partial charge in [0.15, 0.2) is 0 Å². The molecule has 0 saturated carbocycles. The smallest absolute Gasteiger partial charge is 0.341 e. The molecule has 0 atom stereocenters. The van der Waals surface area contributed by atoms with E-state index >= 15 is 4.39 Å². The van der Waals surface area contributed by atoms with Crippen LogP contribution in [0.1, 0.15) is 68.3 Å². The van der Waals surface area contributed by atoms with E-state index in [1.54, 1.807) is 31.2 Å². The lowest BCUT2D eigenvalue weighted by atomic mass is 9.96. The van der Waals surface area contributed by atoms with Crippen LogP contribution < -0.4 is 0 Å². The fourth-order valence-corrected chi connectivity index (χ4v) is 3.85. The van der Waals surface area contributed by atoms with Crippen LogP contribution in [0.15, 0.2) is 36.4 Å². The van der Waals surface area contributed by atoms with Crippen molar-refractivity contribution in [3.05, 3.63) is 59.2 Å². The Kier molecular flexibility index (Phi) is 7.18. The minimum absolute atomic E-state index is 0.0983. The van der Waals surface area contributed by atoms with E-state index < -0.39 is 11.8 Å². The number of hydrogen-bond acceptors (Lipinski definition) is 2. The number of rotatable bonds is 9. The molecule has 154 valence electrons. The van der Waals surface area contributed by atoms with Crippen molar-refractivity contribution in [1.82, 2.24) is 0 Å². The van der Waals surface area contributed by atoms with Gasteiger partial charge in [-0.1, -0.05) is 69.4 Å². The zero-order chi connectivity index (χ0) is 20.8. The number of fused-ring (bicyclic) bond motifs is 3. The van der Waals surface area contributed by atoms with Gasteiger partial charge in [-0.2, -0.15) is 0 Å². The van der Waals surface area contributed by atoms with Gasteiger partial charge in [-0.05, 0) is 42.2 Å². The van der Waals surface area contributed by atoms with Crippen LogP contribution in [0.25, 0.3) is 21.5 Å². The van der Waals surface area contributed by atoms with Gasteiger partial charge in [0.1, 0.15) is 11.6 Å². The third kappa shape index (κ3) is 4.58. The molecule has 3 aromatic carbocycles. The van der Waals surface area contributed by atoms with Crippen LogP contribution in [-0.4, -0.2) is 12.6 Å². The van der Waals surface area contributed by atoms with E-state index in [0.717, 1.165) is 12.8 Å². The molecule has 0 aromatic heterocycles. The lowest BCUT2D eigenvalue weighted by molar-refractivity contribution is 0.0521. The molecule has 4 heteroatoms. The van der Waals surface area contributed by atoms with Crippen LogP contribution in [-0.2, 0) is 11.2 Å². The highest BCUT2D eigenvalue weighted by Crippen LogP contribution is 2.32. The van der Waals surface area contributed by atoms with Crippen LogP contribution >= 0.6 is 0 Å². The van der Waals surface area contributed by atoms with E-state index in [9.17, 15) is 9.18 Å². The summed E-state index contributed by atoms with van der Waals surface area (Å²) in [4.78, 5) is 11.9. The molecule has 0 radical (unpaired) electrons. The molecule has 0 spiro atoms. The summed E-state index contributed by atoms with van der Waals surface area (Å²) in [5.74, 6) is -1.54. The first kappa shape index (κ1) is 21.2. The Hall–Kier alpha value is -2.49. The van der Waals surface area contributed by atoms with Crippen molar-refractivity contribution in [2.24, 2.45) is 0 Å². The van der Waals surface area contributed by atoms with E-state index in [0.29, 0.717) is 33.5 Å². The minimum Gasteiger partial charge on any atom is -0.462 e. The van der Waals surface area contributed by atoms with Crippen LogP contribution in [0.2, 0.25) is 0 Å². The Balaban J connectivity index is 1.88. The number of halogens is 2. The molecule has 0 aliphatic rings. The molecule has 3 rings (SSSR count). The maximum Gasteiger partial charge on any atom is 0.341 e. The minimum atomic E-state index is -0.688. The molecule has 0 amide bonds. The number of hydrogen-bond donors (Lipinski definition) is 0. The molecule has 3 aromatic rings. The first-order valence-corrected chi connectivity index (χ1v) is 10.6. The average molecular weight is 398 g/mol. The van der Waals surface area contributed by atoms with Crippen LogP contribution in [0.3, 0.4) is 0 Å². The van der Waals surface area contributed by atoms with Crippen molar-refractivity contribution in [3.8, 4) is 0 Å². The van der Waals surface area contributed by atoms with E-state index in [1.165, 1.54) is 31.7 Å². The largest absolute Gasteiger partial charge is 0.462 e. The molecule has 2 nitrogen and oxygen atoms in total. The van der Waals surface area contributed by atoms with Crippen molar-refractivity contribution in [3.63, 3.8) is 0 Å². The SMILES string of the molecule is CCCCCCCCc1ccc2c(ccc3c(F)c(C(=O)OCC)ccc32)c1F. The topological polar surface area (TPSA) is 26.3 Å². The lowest BCUT2D eigenvalue weighted by Gasteiger charge is -2.11. The lowest BCUT2D eigenvalue weighted by Crippen LogP contribution is -2.07. The summed E-state index contributed by atoms with van der Waals surface area (Å²) >= 11 is 0. The number of benzene rings is 3. The number of ether oxygens (including phenoxy) is 1. The van der Waals surface area contributed by atoms with E-state index in [1.807, 2.05) is 6.07 Å². The molecular formula is C25H28F2O2. The predicted molar refractivity (Wildman–Crippen MR) is 114 cm³/mol. The molecule has 0 unspecified atom stereocenters. The highest BCUT2D eigenvalue weighted by Gasteiger charge is 2.17. The Bertz CT molecular complexity index is 1010. The maximum atomic E-state index is 15.1. The predicted octanol–water partition coefficient (Wildman–Crippen LogP) is 7.35. The molecule has 0 fully saturated rings. The first-order chi connectivity index (χ1) is 14.1. The Morgan fingerprint density at radius 2 is 1.34 bits per heavy atom. The molecular weight excluding hydrogens is 370 g/mol. The van der Waals surface area contributed by atoms with Crippen molar-refractivity contribution in [2.75, 3.05) is 6.61 Å². The van der Waals surface area contributed by atoms with Gasteiger partial charge in [-0.3, -0.25) is 0 Å². The fourth-order valence-electron chi connectivity index (χ4n) is 3.85. The van der Waals surface area contributed by atoms with Crippen LogP contribution in [0.5, 0.6) is 0 Å². The van der Waals surface area contributed by atoms with Gasteiger partial charge in [-0.25, -0.2) is 13.6 Å². The summed E-state index contributed by atoms with van der Waals surface area (Å²) in [5.41, 5.74) is 0.606. The fraction of sp³-hybridized carbons (Fsp3) is 0.400. The number of unbranched alkanes of at least 4 members (excludes halogenated alkanes) is 5. The summed E-state index contributed by atoms with van der Waals surface area (Å²) in [6.45, 7) is 4.05. The quantitative estimate of drug-likeness (QED) is 0.214. The van der Waals surface area contributed by atoms with Gasteiger partial charge >= 0.3 is 5.97 Å². The third-order valence-corrected chi connectivity index (χ3v) is 5.44. The summed E-state index contributed by atoms with van der Waals surface area (Å²) < 4.78 is 34.8. The average Bonchev–Trinajstić information content (AvgIpc) is 2.72. The van der Waals surface area contributed by atoms with E-state index in [2.05, 4.69) is 6.92 Å². The molecule has 0 heterocycles. The number of carbonyl (C=O) groups is 1. The first-order valence-electron chi connectivity index (χ1n) is 10.6. The zero-order valence-electron chi connectivity index (χ0n) is 17.2. The molecule has 0 aliphatic heterocycles. The molecule has 0 saturated heterocycles. The summed E-state index contributed by atoms with van der Waals surface area (Å²) in [5, 5.41) is 2.04. The monoisotopic (exact) mass is 398 g/mol.